The van der Waals surface area contributed by atoms with Crippen LogP contribution >= 0.6 is 0 Å². The van der Waals surface area contributed by atoms with Gasteiger partial charge in [-0.2, -0.15) is 0 Å². The molecule has 1 N–H and O–H groups in total. The Hall–Kier alpha value is -2.01. The van der Waals surface area contributed by atoms with Crippen molar-refractivity contribution < 1.29 is 4.79 Å². The Morgan fingerprint density at radius 2 is 1.82 bits per heavy atom. The molecule has 5 rings (SSSR count). The number of aryl methyl sites for hydroxylation is 1. The van der Waals surface area contributed by atoms with Crippen LogP contribution in [0.3, 0.4) is 0 Å². The summed E-state index contributed by atoms with van der Waals surface area (Å²) in [4.78, 5) is 19.5. The molecule has 0 saturated carbocycles. The third kappa shape index (κ3) is 3.20. The number of carbonyl (C=O) groups excluding carboxylic acids is 1. The van der Waals surface area contributed by atoms with E-state index in [1.54, 1.807) is 0 Å². The second kappa shape index (κ2) is 6.51. The molecule has 2 amide bonds. The van der Waals surface area contributed by atoms with Crippen molar-refractivity contribution in [2.24, 2.45) is 5.41 Å². The third-order valence-electron chi connectivity index (χ3n) is 7.33. The largest absolute Gasteiger partial charge is 0.380 e. The summed E-state index contributed by atoms with van der Waals surface area (Å²) in [6.45, 7) is 13.1. The Bertz CT molecular complexity index is 782. The van der Waals surface area contributed by atoms with Gasteiger partial charge in [0.15, 0.2) is 0 Å². The van der Waals surface area contributed by atoms with Gasteiger partial charge >= 0.3 is 6.03 Å². The van der Waals surface area contributed by atoms with Gasteiger partial charge in [-0.05, 0) is 51.3 Å². The van der Waals surface area contributed by atoms with Gasteiger partial charge in [-0.3, -0.25) is 4.90 Å². The van der Waals surface area contributed by atoms with E-state index in [9.17, 15) is 4.79 Å². The van der Waals surface area contributed by atoms with Crippen molar-refractivity contribution in [1.29, 1.82) is 0 Å². The molecule has 4 heterocycles. The van der Waals surface area contributed by atoms with E-state index in [1.807, 2.05) is 4.90 Å². The van der Waals surface area contributed by atoms with Gasteiger partial charge in [-0.25, -0.2) is 4.79 Å². The number of carbonyl (C=O) groups is 1. The summed E-state index contributed by atoms with van der Waals surface area (Å²) in [6.07, 6.45) is 4.60. The molecule has 5 nitrogen and oxygen atoms in total. The van der Waals surface area contributed by atoms with Crippen LogP contribution < -0.4 is 5.32 Å². The molecule has 0 radical (unpaired) electrons. The standard InChI is InChI=1S/C23H32N4O/c1-18-4-3-5-20(12-18)13-25-10-8-22(9-11-25)14-26(15-22)21(28)27-16-23(17-27)7-6-19(2)24-23/h3-5,12,24H,2,6-11,13-17H2,1H3. The van der Waals surface area contributed by atoms with Crippen molar-refractivity contribution in [3.8, 4) is 0 Å². The van der Waals surface area contributed by atoms with Gasteiger partial charge < -0.3 is 15.1 Å². The summed E-state index contributed by atoms with van der Waals surface area (Å²) in [5, 5.41) is 3.50. The molecular formula is C23H32N4O. The molecule has 5 heteroatoms. The molecule has 0 unspecified atom stereocenters. The first-order chi connectivity index (χ1) is 13.4. The van der Waals surface area contributed by atoms with Gasteiger partial charge in [0.1, 0.15) is 0 Å². The summed E-state index contributed by atoms with van der Waals surface area (Å²) < 4.78 is 0. The van der Waals surface area contributed by atoms with Crippen LogP contribution in [0.25, 0.3) is 0 Å². The van der Waals surface area contributed by atoms with E-state index < -0.39 is 0 Å². The Morgan fingerprint density at radius 1 is 1.11 bits per heavy atom. The average Bonchev–Trinajstić information content (AvgIpc) is 3.01. The lowest BCUT2D eigenvalue weighted by Gasteiger charge is -2.57. The van der Waals surface area contributed by atoms with Crippen molar-refractivity contribution in [2.75, 3.05) is 39.3 Å². The van der Waals surface area contributed by atoms with E-state index in [0.29, 0.717) is 5.41 Å². The molecular weight excluding hydrogens is 348 g/mol. The molecule has 0 bridgehead atoms. The van der Waals surface area contributed by atoms with Gasteiger partial charge in [0, 0.05) is 43.8 Å². The summed E-state index contributed by atoms with van der Waals surface area (Å²) >= 11 is 0. The first-order valence-electron chi connectivity index (χ1n) is 10.7. The zero-order valence-electron chi connectivity index (χ0n) is 17.0. The number of hydrogen-bond donors (Lipinski definition) is 1. The van der Waals surface area contributed by atoms with Crippen molar-refractivity contribution in [2.45, 2.75) is 44.7 Å². The van der Waals surface area contributed by atoms with Gasteiger partial charge in [-0.15, -0.1) is 0 Å². The number of amides is 2. The van der Waals surface area contributed by atoms with E-state index in [4.69, 9.17) is 0 Å². The Kier molecular flexibility index (Phi) is 4.20. The normalized spacial score (nSPS) is 25.5. The summed E-state index contributed by atoms with van der Waals surface area (Å²) in [5.74, 6) is 0. The van der Waals surface area contributed by atoms with Crippen LogP contribution in [0.2, 0.25) is 0 Å². The second-order valence-electron chi connectivity index (χ2n) is 9.77. The lowest BCUT2D eigenvalue weighted by molar-refractivity contribution is -0.0421. The van der Waals surface area contributed by atoms with Crippen LogP contribution in [0.4, 0.5) is 4.79 Å². The predicted octanol–water partition coefficient (Wildman–Crippen LogP) is 2.96. The number of piperidine rings is 1. The molecule has 4 fully saturated rings. The van der Waals surface area contributed by atoms with E-state index in [1.165, 1.54) is 24.0 Å². The van der Waals surface area contributed by atoms with Gasteiger partial charge in [0.05, 0.1) is 5.54 Å². The van der Waals surface area contributed by atoms with Crippen LogP contribution in [0.1, 0.15) is 36.8 Å². The SMILES string of the molecule is C=C1CCC2(CN(C(=O)N3CC4(CCN(Cc5cccc(C)c5)CC4)C3)C2)N1. The quantitative estimate of drug-likeness (QED) is 0.857. The highest BCUT2D eigenvalue weighted by Crippen LogP contribution is 2.42. The van der Waals surface area contributed by atoms with Crippen molar-refractivity contribution in [3.05, 3.63) is 47.7 Å². The first-order valence-corrected chi connectivity index (χ1v) is 10.7. The smallest absolute Gasteiger partial charge is 0.320 e. The Morgan fingerprint density at radius 3 is 2.46 bits per heavy atom. The number of urea groups is 1. The molecule has 0 aromatic heterocycles. The van der Waals surface area contributed by atoms with Crippen molar-refractivity contribution >= 4 is 6.03 Å². The van der Waals surface area contributed by atoms with Crippen molar-refractivity contribution in [3.63, 3.8) is 0 Å². The number of benzene rings is 1. The zero-order valence-corrected chi connectivity index (χ0v) is 17.0. The summed E-state index contributed by atoms with van der Waals surface area (Å²) in [6, 6.07) is 9.09. The molecule has 150 valence electrons. The van der Waals surface area contributed by atoms with Crippen LogP contribution in [0, 0.1) is 12.3 Å². The minimum absolute atomic E-state index is 0.135. The zero-order chi connectivity index (χ0) is 19.4. The van der Waals surface area contributed by atoms with Gasteiger partial charge in [0.2, 0.25) is 0 Å². The van der Waals surface area contributed by atoms with Crippen LogP contribution in [0.15, 0.2) is 36.5 Å². The highest BCUT2D eigenvalue weighted by molar-refractivity contribution is 5.77. The second-order valence-corrected chi connectivity index (χ2v) is 9.77. The molecule has 1 aromatic rings. The molecule has 4 aliphatic heterocycles. The number of hydrogen-bond acceptors (Lipinski definition) is 3. The minimum atomic E-state index is 0.135. The number of nitrogens with zero attached hydrogens (tertiary/aromatic N) is 3. The number of likely N-dealkylation sites (tertiary alicyclic amines) is 3. The summed E-state index contributed by atoms with van der Waals surface area (Å²) in [5.41, 5.74) is 4.39. The maximum atomic E-state index is 12.8. The fourth-order valence-corrected chi connectivity index (χ4v) is 5.62. The Labute approximate surface area is 168 Å². The van der Waals surface area contributed by atoms with Gasteiger partial charge in [0.25, 0.3) is 0 Å². The van der Waals surface area contributed by atoms with Crippen LogP contribution in [0.5, 0.6) is 0 Å². The van der Waals surface area contributed by atoms with E-state index in [-0.39, 0.29) is 11.6 Å². The number of rotatable bonds is 2. The van der Waals surface area contributed by atoms with E-state index >= 15 is 0 Å². The van der Waals surface area contributed by atoms with Crippen LogP contribution in [-0.2, 0) is 6.54 Å². The molecule has 28 heavy (non-hydrogen) atoms. The maximum Gasteiger partial charge on any atom is 0.320 e. The lowest BCUT2D eigenvalue weighted by Crippen LogP contribution is -2.72. The topological polar surface area (TPSA) is 38.8 Å². The molecule has 0 atom stereocenters. The Balaban J connectivity index is 1.08. The number of allylic oxidation sites excluding steroid dienone is 1. The average molecular weight is 381 g/mol. The fourth-order valence-electron chi connectivity index (χ4n) is 5.62. The maximum absolute atomic E-state index is 12.8. The van der Waals surface area contributed by atoms with E-state index in [0.717, 1.165) is 64.4 Å². The first kappa shape index (κ1) is 18.0. The fraction of sp³-hybridized carbons (Fsp3) is 0.609. The molecule has 1 aromatic carbocycles. The van der Waals surface area contributed by atoms with Gasteiger partial charge in [-0.1, -0.05) is 36.4 Å². The predicted molar refractivity (Wildman–Crippen MR) is 111 cm³/mol. The minimum Gasteiger partial charge on any atom is -0.380 e. The molecule has 4 aliphatic rings. The number of nitrogens with one attached hydrogen (secondary N) is 1. The van der Waals surface area contributed by atoms with E-state index in [2.05, 4.69) is 52.9 Å². The lowest BCUT2D eigenvalue weighted by atomic mass is 9.72. The highest BCUT2D eigenvalue weighted by atomic mass is 16.2. The highest BCUT2D eigenvalue weighted by Gasteiger charge is 2.52. The summed E-state index contributed by atoms with van der Waals surface area (Å²) in [7, 11) is 0. The molecule has 4 saturated heterocycles. The molecule has 0 aliphatic carbocycles. The monoisotopic (exact) mass is 380 g/mol. The third-order valence-corrected chi connectivity index (χ3v) is 7.33. The van der Waals surface area contributed by atoms with Crippen LogP contribution in [-0.4, -0.2) is 65.5 Å². The molecule has 2 spiro atoms. The van der Waals surface area contributed by atoms with Crippen molar-refractivity contribution in [1.82, 2.24) is 20.0 Å².